The molecule has 138 valence electrons. The van der Waals surface area contributed by atoms with Gasteiger partial charge in [0, 0.05) is 6.20 Å². The lowest BCUT2D eigenvalue weighted by Gasteiger charge is -2.03. The van der Waals surface area contributed by atoms with Crippen molar-refractivity contribution in [3.8, 4) is 0 Å². The van der Waals surface area contributed by atoms with Crippen LogP contribution in [0.5, 0.6) is 0 Å². The lowest BCUT2D eigenvalue weighted by molar-refractivity contribution is 0.365. The van der Waals surface area contributed by atoms with Crippen LogP contribution in [0.2, 0.25) is 0 Å². The molecule has 0 saturated heterocycles. The number of hydrogen-bond acceptors (Lipinski definition) is 1. The summed E-state index contributed by atoms with van der Waals surface area (Å²) < 4.78 is 10.5. The largest absolute Gasteiger partial charge is 0.427 e. The molecule has 0 bridgehead atoms. The first-order chi connectivity index (χ1) is 11.1. The van der Waals surface area contributed by atoms with E-state index in [9.17, 15) is 4.57 Å². The monoisotopic (exact) mass is 347 g/mol. The Bertz CT molecular complexity index is 315. The fraction of sp³-hybridized carbons (Fsp3) is 0.889. The van der Waals surface area contributed by atoms with Crippen LogP contribution in [0, 0.1) is 0 Å². The fourth-order valence-corrected chi connectivity index (χ4v) is 2.99. The zero-order chi connectivity index (χ0) is 17.2. The molecular weight excluding hydrogens is 309 g/mol. The Morgan fingerprint density at radius 3 is 1.52 bits per heavy atom. The molecule has 4 nitrogen and oxygen atoms in total. The maximum absolute atomic E-state index is 10.5. The minimum Gasteiger partial charge on any atom is -0.308 e. The van der Waals surface area contributed by atoms with Crippen LogP contribution in [-0.4, -0.2) is 9.79 Å². The highest BCUT2D eigenvalue weighted by Gasteiger charge is 2.06. The summed E-state index contributed by atoms with van der Waals surface area (Å²) in [6.07, 6.45) is 22.9. The van der Waals surface area contributed by atoms with Gasteiger partial charge in [-0.25, -0.2) is 4.57 Å². The fourth-order valence-electron chi connectivity index (χ4n) is 2.69. The van der Waals surface area contributed by atoms with Gasteiger partial charge in [-0.2, -0.15) is 0 Å². The van der Waals surface area contributed by atoms with Crippen LogP contribution in [0.25, 0.3) is 0 Å². The molecule has 0 radical (unpaired) electrons. The quantitative estimate of drug-likeness (QED) is 0.221. The highest BCUT2D eigenvalue weighted by molar-refractivity contribution is 7.49. The molecule has 0 aromatic carbocycles. The van der Waals surface area contributed by atoms with E-state index < -0.39 is 7.75 Å². The van der Waals surface area contributed by atoms with Crippen LogP contribution in [0.4, 0.5) is 0 Å². The third-order valence-electron chi connectivity index (χ3n) is 4.08. The lowest BCUT2D eigenvalue weighted by atomic mass is 10.0. The Hall–Kier alpha value is -0.310. The van der Waals surface area contributed by atoms with E-state index in [0.29, 0.717) is 0 Å². The molecule has 0 rings (SSSR count). The second kappa shape index (κ2) is 16.5. The molecule has 0 spiro atoms. The molecule has 5 heteroatoms. The minimum absolute atomic E-state index is 0.880. The molecule has 0 fully saturated rings. The third-order valence-corrected chi connectivity index (χ3v) is 4.57. The van der Waals surface area contributed by atoms with E-state index in [-0.39, 0.29) is 0 Å². The van der Waals surface area contributed by atoms with E-state index in [0.717, 1.165) is 12.8 Å². The zero-order valence-electron chi connectivity index (χ0n) is 15.0. The van der Waals surface area contributed by atoms with E-state index in [1.54, 1.807) is 6.08 Å². The molecule has 23 heavy (non-hydrogen) atoms. The molecule has 0 atom stereocenters. The summed E-state index contributed by atoms with van der Waals surface area (Å²) in [5.74, 6) is 0. The van der Waals surface area contributed by atoms with Crippen LogP contribution >= 0.6 is 7.75 Å². The summed E-state index contributed by atoms with van der Waals surface area (Å²) in [4.78, 5) is 17.2. The van der Waals surface area contributed by atoms with Gasteiger partial charge >= 0.3 is 7.75 Å². The second-order valence-electron chi connectivity index (χ2n) is 6.46. The molecule has 0 saturated carbocycles. The maximum Gasteiger partial charge on any atom is 0.427 e. The highest BCUT2D eigenvalue weighted by Crippen LogP contribution is 2.27. The highest BCUT2D eigenvalue weighted by atomic mass is 31.2. The van der Waals surface area contributed by atoms with Gasteiger partial charge in [-0.05, 0) is 12.8 Å². The van der Waals surface area contributed by atoms with Gasteiger partial charge in [0.25, 0.3) is 0 Å². The molecule has 0 aliphatic carbocycles. The smallest absolute Gasteiger partial charge is 0.308 e. The predicted octanol–water partition coefficient (Wildman–Crippen LogP) is 6.05. The standard InChI is InChI=1S/C18H38NO3P/c1-2-3-4-5-6-7-8-9-10-11-12-13-14-15-16-17-18-19-23(20,21)22/h17-18H,2-16H2,1H3,(H3,19,20,21,22). The number of unbranched alkanes of at least 4 members (excludes halogenated alkanes) is 14. The van der Waals surface area contributed by atoms with Crippen molar-refractivity contribution in [2.75, 3.05) is 0 Å². The Kier molecular flexibility index (Phi) is 16.3. The molecule has 0 aliphatic heterocycles. The summed E-state index contributed by atoms with van der Waals surface area (Å²) >= 11 is 0. The Morgan fingerprint density at radius 2 is 1.13 bits per heavy atom. The van der Waals surface area contributed by atoms with Crippen LogP contribution in [0.1, 0.15) is 103 Å². The molecule has 3 N–H and O–H groups in total. The van der Waals surface area contributed by atoms with Crippen LogP contribution < -0.4 is 5.09 Å². The summed E-state index contributed by atoms with van der Waals surface area (Å²) in [7, 11) is -4.09. The van der Waals surface area contributed by atoms with Crippen molar-refractivity contribution in [2.45, 2.75) is 103 Å². The van der Waals surface area contributed by atoms with Crippen molar-refractivity contribution < 1.29 is 14.4 Å². The zero-order valence-corrected chi connectivity index (χ0v) is 15.9. The van der Waals surface area contributed by atoms with E-state index in [2.05, 4.69) is 12.0 Å². The second-order valence-corrected chi connectivity index (χ2v) is 7.81. The van der Waals surface area contributed by atoms with Gasteiger partial charge in [0.1, 0.15) is 0 Å². The van der Waals surface area contributed by atoms with Gasteiger partial charge < -0.3 is 14.9 Å². The van der Waals surface area contributed by atoms with Gasteiger partial charge in [-0.1, -0.05) is 96.5 Å². The minimum atomic E-state index is -4.09. The van der Waals surface area contributed by atoms with E-state index in [1.807, 2.05) is 0 Å². The molecular formula is C18H38NO3P. The Balaban J connectivity index is 3.09. The Morgan fingerprint density at radius 1 is 0.739 bits per heavy atom. The van der Waals surface area contributed by atoms with Crippen molar-refractivity contribution in [1.82, 2.24) is 5.09 Å². The number of allylic oxidation sites excluding steroid dienone is 1. The number of rotatable bonds is 17. The van der Waals surface area contributed by atoms with E-state index >= 15 is 0 Å². The molecule has 0 aromatic rings. The van der Waals surface area contributed by atoms with Crippen molar-refractivity contribution in [3.63, 3.8) is 0 Å². The lowest BCUT2D eigenvalue weighted by Crippen LogP contribution is -1.98. The topological polar surface area (TPSA) is 69.6 Å². The van der Waals surface area contributed by atoms with Crippen LogP contribution in [0.15, 0.2) is 12.3 Å². The average Bonchev–Trinajstić information content (AvgIpc) is 2.49. The summed E-state index contributed by atoms with van der Waals surface area (Å²) in [5, 5.41) is 2.06. The molecule has 0 aliphatic rings. The van der Waals surface area contributed by atoms with Gasteiger partial charge in [-0.15, -0.1) is 0 Å². The van der Waals surface area contributed by atoms with Crippen molar-refractivity contribution in [1.29, 1.82) is 0 Å². The first-order valence-electron chi connectivity index (χ1n) is 9.54. The van der Waals surface area contributed by atoms with Crippen molar-refractivity contribution in [3.05, 3.63) is 12.3 Å². The molecule has 0 amide bonds. The average molecular weight is 347 g/mol. The number of nitrogens with one attached hydrogen (secondary N) is 1. The third kappa shape index (κ3) is 21.7. The SMILES string of the molecule is CCCCCCCCCCCCCCCCC=CNP(=O)(O)O. The maximum atomic E-state index is 10.5. The van der Waals surface area contributed by atoms with Gasteiger partial charge in [0.05, 0.1) is 0 Å². The normalized spacial score (nSPS) is 12.1. The predicted molar refractivity (Wildman–Crippen MR) is 99.2 cm³/mol. The van der Waals surface area contributed by atoms with E-state index in [4.69, 9.17) is 9.79 Å². The number of hydrogen-bond donors (Lipinski definition) is 3. The molecule has 0 aromatic heterocycles. The first kappa shape index (κ1) is 22.7. The van der Waals surface area contributed by atoms with Crippen molar-refractivity contribution in [2.24, 2.45) is 0 Å². The van der Waals surface area contributed by atoms with Gasteiger partial charge in [-0.3, -0.25) is 0 Å². The summed E-state index contributed by atoms with van der Waals surface area (Å²) in [6, 6.07) is 0. The van der Waals surface area contributed by atoms with Gasteiger partial charge in [0.15, 0.2) is 0 Å². The summed E-state index contributed by atoms with van der Waals surface area (Å²) in [6.45, 7) is 2.26. The van der Waals surface area contributed by atoms with E-state index in [1.165, 1.54) is 89.7 Å². The molecule has 0 heterocycles. The summed E-state index contributed by atoms with van der Waals surface area (Å²) in [5.41, 5.74) is 0. The van der Waals surface area contributed by atoms with Gasteiger partial charge in [0.2, 0.25) is 0 Å². The van der Waals surface area contributed by atoms with Crippen LogP contribution in [-0.2, 0) is 4.57 Å². The Labute approximate surface area is 143 Å². The molecule has 0 unspecified atom stereocenters. The van der Waals surface area contributed by atoms with Crippen molar-refractivity contribution >= 4 is 7.75 Å². The first-order valence-corrected chi connectivity index (χ1v) is 11.2. The van der Waals surface area contributed by atoms with Crippen LogP contribution in [0.3, 0.4) is 0 Å².